The summed E-state index contributed by atoms with van der Waals surface area (Å²) in [7, 11) is 0. The average Bonchev–Trinajstić information content (AvgIpc) is 2.99. The average molecular weight is 367 g/mol. The van der Waals surface area contributed by atoms with Gasteiger partial charge < -0.3 is 30.6 Å². The van der Waals surface area contributed by atoms with Crippen molar-refractivity contribution in [3.05, 3.63) is 12.0 Å². The van der Waals surface area contributed by atoms with E-state index < -0.39 is 6.23 Å². The van der Waals surface area contributed by atoms with Crippen molar-refractivity contribution < 1.29 is 19.7 Å². The van der Waals surface area contributed by atoms with Gasteiger partial charge in [-0.15, -0.1) is 0 Å². The number of rotatable bonds is 9. The molecule has 0 fully saturated rings. The summed E-state index contributed by atoms with van der Waals surface area (Å²) in [6.07, 6.45) is 2.01. The molecular weight excluding hydrogens is 338 g/mol. The van der Waals surface area contributed by atoms with Gasteiger partial charge in [0.25, 0.3) is 0 Å². The Bertz CT molecular complexity index is 643. The number of nitrogens with two attached hydrogens (primary N) is 1. The number of aliphatic hydroxyl groups is 2. The van der Waals surface area contributed by atoms with Crippen molar-refractivity contribution in [2.75, 3.05) is 18.5 Å². The SMILES string of the molecule is CC(C)C(C)C(=O)OCC(CO)CCCn1cnc2c1NC(N)=NC2O. The number of esters is 1. The Morgan fingerprint density at radius 1 is 1.46 bits per heavy atom. The Balaban J connectivity index is 1.81. The molecule has 2 rings (SSSR count). The van der Waals surface area contributed by atoms with Crippen LogP contribution in [0, 0.1) is 17.8 Å². The molecule has 3 unspecified atom stereocenters. The molecule has 0 saturated heterocycles. The number of aryl methyl sites for hydroxylation is 1. The summed E-state index contributed by atoms with van der Waals surface area (Å²) >= 11 is 0. The van der Waals surface area contributed by atoms with Crippen LogP contribution in [0.5, 0.6) is 0 Å². The first-order valence-corrected chi connectivity index (χ1v) is 8.94. The highest BCUT2D eigenvalue weighted by atomic mass is 16.5. The lowest BCUT2D eigenvalue weighted by atomic mass is 9.98. The predicted octanol–water partition coefficient (Wildman–Crippen LogP) is 0.838. The standard InChI is InChI=1S/C17H29N5O4/c1-10(2)11(3)16(25)26-8-12(7-23)5-4-6-22-9-19-13-14(22)20-17(18)21-15(13)24/h9-12,15,23-24H,4-8H2,1-3H3,(H3,18,20,21). The van der Waals surface area contributed by atoms with Crippen molar-refractivity contribution in [3.8, 4) is 0 Å². The van der Waals surface area contributed by atoms with Gasteiger partial charge >= 0.3 is 5.97 Å². The fraction of sp³-hybridized carbons (Fsp3) is 0.706. The predicted molar refractivity (Wildman–Crippen MR) is 97.2 cm³/mol. The summed E-state index contributed by atoms with van der Waals surface area (Å²) in [5.41, 5.74) is 6.08. The molecule has 0 spiro atoms. The van der Waals surface area contributed by atoms with E-state index in [0.717, 1.165) is 6.42 Å². The fourth-order valence-corrected chi connectivity index (χ4v) is 2.62. The highest BCUT2D eigenvalue weighted by Crippen LogP contribution is 2.26. The van der Waals surface area contributed by atoms with E-state index in [4.69, 9.17) is 10.5 Å². The van der Waals surface area contributed by atoms with Crippen molar-refractivity contribution >= 4 is 17.7 Å². The molecule has 3 atom stereocenters. The molecule has 1 aliphatic heterocycles. The van der Waals surface area contributed by atoms with E-state index >= 15 is 0 Å². The van der Waals surface area contributed by atoms with Gasteiger partial charge in [-0.05, 0) is 18.8 Å². The molecule has 0 amide bonds. The number of aromatic nitrogens is 2. The zero-order valence-electron chi connectivity index (χ0n) is 15.6. The lowest BCUT2D eigenvalue weighted by molar-refractivity contribution is -0.151. The number of hydrogen-bond donors (Lipinski definition) is 4. The molecule has 0 aromatic carbocycles. The van der Waals surface area contributed by atoms with Gasteiger partial charge in [0.2, 0.25) is 0 Å². The summed E-state index contributed by atoms with van der Waals surface area (Å²) in [4.78, 5) is 19.9. The maximum atomic E-state index is 11.9. The number of carbonyl (C=O) groups is 1. The van der Waals surface area contributed by atoms with Crippen molar-refractivity contribution in [2.45, 2.75) is 46.4 Å². The Labute approximate surface area is 153 Å². The monoisotopic (exact) mass is 367 g/mol. The van der Waals surface area contributed by atoms with Crippen LogP contribution in [-0.4, -0.2) is 44.9 Å². The number of fused-ring (bicyclic) bond motifs is 1. The molecule has 26 heavy (non-hydrogen) atoms. The minimum atomic E-state index is -1.06. The Kier molecular flexibility index (Phi) is 6.98. The van der Waals surface area contributed by atoms with Crippen LogP contribution >= 0.6 is 0 Å². The third-order valence-corrected chi connectivity index (χ3v) is 4.72. The van der Waals surface area contributed by atoms with Crippen molar-refractivity contribution in [1.82, 2.24) is 9.55 Å². The lowest BCUT2D eigenvalue weighted by Crippen LogP contribution is -2.29. The number of anilines is 1. The molecule has 2 heterocycles. The van der Waals surface area contributed by atoms with Crippen LogP contribution in [-0.2, 0) is 16.1 Å². The zero-order chi connectivity index (χ0) is 19.3. The first kappa shape index (κ1) is 20.2. The van der Waals surface area contributed by atoms with E-state index in [2.05, 4.69) is 15.3 Å². The molecule has 0 radical (unpaired) electrons. The summed E-state index contributed by atoms with van der Waals surface area (Å²) in [6.45, 7) is 6.60. The van der Waals surface area contributed by atoms with E-state index in [-0.39, 0.29) is 42.9 Å². The molecule has 5 N–H and O–H groups in total. The number of aliphatic imine (C=N–C) groups is 1. The summed E-state index contributed by atoms with van der Waals surface area (Å²) in [5, 5.41) is 22.3. The smallest absolute Gasteiger partial charge is 0.308 e. The van der Waals surface area contributed by atoms with E-state index in [1.165, 1.54) is 0 Å². The second-order valence-corrected chi connectivity index (χ2v) is 7.04. The van der Waals surface area contributed by atoms with Crippen LogP contribution in [0.25, 0.3) is 0 Å². The molecule has 0 bridgehead atoms. The molecular formula is C17H29N5O4. The van der Waals surface area contributed by atoms with Gasteiger partial charge in [-0.1, -0.05) is 20.8 Å². The van der Waals surface area contributed by atoms with Crippen molar-refractivity contribution in [2.24, 2.45) is 28.5 Å². The third kappa shape index (κ3) is 4.95. The van der Waals surface area contributed by atoms with Crippen LogP contribution in [0.4, 0.5) is 5.82 Å². The van der Waals surface area contributed by atoms with E-state index in [9.17, 15) is 15.0 Å². The molecule has 9 heteroatoms. The van der Waals surface area contributed by atoms with Crippen LogP contribution < -0.4 is 11.1 Å². The summed E-state index contributed by atoms with van der Waals surface area (Å²) < 4.78 is 7.18. The Morgan fingerprint density at radius 2 is 2.19 bits per heavy atom. The largest absolute Gasteiger partial charge is 0.465 e. The van der Waals surface area contributed by atoms with E-state index in [1.54, 1.807) is 6.33 Å². The van der Waals surface area contributed by atoms with E-state index in [1.807, 2.05) is 25.3 Å². The molecule has 1 aromatic rings. The molecule has 1 aromatic heterocycles. The summed E-state index contributed by atoms with van der Waals surface area (Å²) in [6, 6.07) is 0. The maximum absolute atomic E-state index is 11.9. The highest BCUT2D eigenvalue weighted by Gasteiger charge is 2.23. The number of imidazole rings is 1. The third-order valence-electron chi connectivity index (χ3n) is 4.72. The van der Waals surface area contributed by atoms with Crippen LogP contribution in [0.2, 0.25) is 0 Å². The van der Waals surface area contributed by atoms with Crippen LogP contribution in [0.15, 0.2) is 11.3 Å². The number of nitrogens with zero attached hydrogens (tertiary/aromatic N) is 3. The van der Waals surface area contributed by atoms with Gasteiger partial charge in [-0.25, -0.2) is 9.98 Å². The van der Waals surface area contributed by atoms with Crippen molar-refractivity contribution in [3.63, 3.8) is 0 Å². The van der Waals surface area contributed by atoms with Gasteiger partial charge in [-0.2, -0.15) is 0 Å². The maximum Gasteiger partial charge on any atom is 0.308 e. The number of guanidine groups is 1. The number of aliphatic hydroxyl groups excluding tert-OH is 2. The first-order valence-electron chi connectivity index (χ1n) is 8.94. The van der Waals surface area contributed by atoms with E-state index in [0.29, 0.717) is 24.5 Å². The highest BCUT2D eigenvalue weighted by molar-refractivity contribution is 5.93. The lowest BCUT2D eigenvalue weighted by Gasteiger charge is -2.19. The molecule has 146 valence electrons. The summed E-state index contributed by atoms with van der Waals surface area (Å²) in [5.74, 6) is 0.504. The quantitative estimate of drug-likeness (QED) is 0.475. The number of ether oxygens (including phenoxy) is 1. The van der Waals surface area contributed by atoms with Gasteiger partial charge in [-0.3, -0.25) is 4.79 Å². The Hall–Kier alpha value is -2.13. The van der Waals surface area contributed by atoms with Gasteiger partial charge in [0.15, 0.2) is 12.2 Å². The van der Waals surface area contributed by atoms with Crippen LogP contribution in [0.1, 0.15) is 45.5 Å². The minimum absolute atomic E-state index is 0.0397. The number of hydrogen-bond acceptors (Lipinski definition) is 8. The molecule has 0 aliphatic carbocycles. The Morgan fingerprint density at radius 3 is 2.85 bits per heavy atom. The second-order valence-electron chi connectivity index (χ2n) is 7.04. The topological polar surface area (TPSA) is 135 Å². The molecule has 1 aliphatic rings. The van der Waals surface area contributed by atoms with Gasteiger partial charge in [0.1, 0.15) is 11.5 Å². The normalized spacial score (nSPS) is 18.7. The van der Waals surface area contributed by atoms with Crippen molar-refractivity contribution in [1.29, 1.82) is 0 Å². The first-order chi connectivity index (χ1) is 12.3. The molecule has 0 saturated carbocycles. The molecule has 9 nitrogen and oxygen atoms in total. The number of carbonyl (C=O) groups excluding carboxylic acids is 1. The van der Waals surface area contributed by atoms with Crippen LogP contribution in [0.3, 0.4) is 0 Å². The van der Waals surface area contributed by atoms with Gasteiger partial charge in [0.05, 0.1) is 18.9 Å². The number of nitrogens with one attached hydrogen (secondary N) is 1. The minimum Gasteiger partial charge on any atom is -0.465 e. The second kappa shape index (κ2) is 9.00. The zero-order valence-corrected chi connectivity index (χ0v) is 15.6. The van der Waals surface area contributed by atoms with Gasteiger partial charge in [0, 0.05) is 19.1 Å². The fourth-order valence-electron chi connectivity index (χ4n) is 2.62.